The summed E-state index contributed by atoms with van der Waals surface area (Å²) >= 11 is 11.0. The molecule has 32 heavy (non-hydrogen) atoms. The van der Waals surface area contributed by atoms with Crippen LogP contribution in [0.1, 0.15) is 41.5 Å². The number of hydrogen-bond acceptors (Lipinski definition) is 9. The zero-order valence-electron chi connectivity index (χ0n) is 19.0. The van der Waals surface area contributed by atoms with Gasteiger partial charge in [0.05, 0.1) is 0 Å². The van der Waals surface area contributed by atoms with Gasteiger partial charge in [-0.1, -0.05) is 13.8 Å². The third-order valence-corrected chi connectivity index (χ3v) is 3.68. The number of alkyl halides is 2. The van der Waals surface area contributed by atoms with E-state index in [1.807, 2.05) is 0 Å². The Morgan fingerprint density at radius 3 is 1.16 bits per heavy atom. The molecule has 0 aliphatic rings. The molecule has 3 N–H and O–H groups in total. The van der Waals surface area contributed by atoms with E-state index in [9.17, 15) is 19.8 Å². The van der Waals surface area contributed by atoms with Gasteiger partial charge in [-0.05, 0) is 45.4 Å². The molecule has 0 unspecified atom stereocenters. The van der Waals surface area contributed by atoms with Crippen molar-refractivity contribution < 1.29 is 65.5 Å². The predicted octanol–water partition coefficient (Wildman–Crippen LogP) is -1.22. The van der Waals surface area contributed by atoms with Crippen molar-refractivity contribution in [2.75, 3.05) is 37.9 Å². The second kappa shape index (κ2) is 25.2. The number of nitrogens with zero attached hydrogens (tertiary/aromatic N) is 1. The van der Waals surface area contributed by atoms with Crippen LogP contribution in [0.25, 0.3) is 5.73 Å². The summed E-state index contributed by atoms with van der Waals surface area (Å²) in [5, 5.41) is 20.7. The van der Waals surface area contributed by atoms with Crippen LogP contribution in [0, 0.1) is 10.2 Å². The standard InChI is InChI=1S/C6H13Cl2N2.2C6H10O2.ClH2O4.Co/c7-1-4-10(5-2-8)6-3-9;2*1-4(5(2)7)6(3)8;2-1(3,4)5;/h9H,1-6H2;2*7H,1-3H3;2-3H;/q-1;;;-1;+3/p-2/b;2*5-4-;;. The Hall–Kier alpha value is -0.444. The molecule has 0 aromatic rings. The van der Waals surface area contributed by atoms with Crippen LogP contribution < -0.4 is 19.5 Å². The summed E-state index contributed by atoms with van der Waals surface area (Å²) in [4.78, 5) is 22.7. The third kappa shape index (κ3) is 40.0. The quantitative estimate of drug-likeness (QED) is 0.204. The molecule has 14 heteroatoms. The molecule has 0 saturated heterocycles. The third-order valence-electron chi connectivity index (χ3n) is 3.34. The molecule has 194 valence electrons. The van der Waals surface area contributed by atoms with Crippen LogP contribution in [0.5, 0.6) is 0 Å². The van der Waals surface area contributed by atoms with E-state index >= 15 is 0 Å². The van der Waals surface area contributed by atoms with E-state index in [0.717, 1.165) is 19.6 Å². The number of nitrogens with one attached hydrogen (secondary N) is 1. The number of allylic oxidation sites excluding steroid dienone is 4. The first kappa shape index (κ1) is 41.8. The van der Waals surface area contributed by atoms with Gasteiger partial charge in [0.25, 0.3) is 0 Å². The molecule has 0 bridgehead atoms. The van der Waals surface area contributed by atoms with Crippen molar-refractivity contribution in [3.63, 3.8) is 0 Å². The number of carbonyl (C=O) groups is 2. The first-order valence-electron chi connectivity index (χ1n) is 8.80. The summed E-state index contributed by atoms with van der Waals surface area (Å²) in [6, 6.07) is 0. The SMILES string of the molecule is CC(=O)/C(C)=C(/C)[O-].CC(=O)/C(C)=C(/C)[O-].[Co+3].[NH-]CCN(CCCl)CCCl.[O-][Cl+]([O-])(O)O. The van der Waals surface area contributed by atoms with Crippen molar-refractivity contribution in [2.24, 2.45) is 0 Å². The van der Waals surface area contributed by atoms with Crippen LogP contribution >= 0.6 is 23.2 Å². The summed E-state index contributed by atoms with van der Waals surface area (Å²) in [7, 11) is -4.44. The molecule has 0 atom stereocenters. The molecule has 0 amide bonds. The van der Waals surface area contributed by atoms with E-state index in [2.05, 4.69) is 4.90 Å². The first-order chi connectivity index (χ1) is 14.0. The van der Waals surface area contributed by atoms with Crippen molar-refractivity contribution in [2.45, 2.75) is 41.5 Å². The Kier molecular flexibility index (Phi) is 32.9. The fourth-order valence-electron chi connectivity index (χ4n) is 1.23. The van der Waals surface area contributed by atoms with Gasteiger partial charge in [0.15, 0.2) is 11.6 Å². The Morgan fingerprint density at radius 1 is 0.812 bits per heavy atom. The molecule has 0 aliphatic heterocycles. The van der Waals surface area contributed by atoms with Crippen molar-refractivity contribution in [1.82, 2.24) is 4.90 Å². The van der Waals surface area contributed by atoms with Crippen LogP contribution in [0.4, 0.5) is 0 Å². The zero-order valence-corrected chi connectivity index (χ0v) is 22.3. The monoisotopic (exact) mass is 569 g/mol. The van der Waals surface area contributed by atoms with Gasteiger partial charge in [0, 0.05) is 24.8 Å². The fourth-order valence-corrected chi connectivity index (χ4v) is 1.71. The first-order valence-corrected chi connectivity index (χ1v) is 11.2. The zero-order chi connectivity index (χ0) is 25.8. The van der Waals surface area contributed by atoms with E-state index in [-0.39, 0.29) is 39.9 Å². The number of Topliss-reactive ketones (excluding diaryl/α,β-unsaturated/α-hetero) is 2. The molecule has 0 aromatic carbocycles. The number of rotatable bonds is 8. The maximum absolute atomic E-state index is 10.3. The van der Waals surface area contributed by atoms with Crippen LogP contribution in [-0.4, -0.2) is 63.7 Å². The second-order valence-electron chi connectivity index (χ2n) is 5.86. The van der Waals surface area contributed by atoms with Gasteiger partial charge >= 0.3 is 45.7 Å². The normalized spacial score (nSPS) is 12.2. The molecule has 10 nitrogen and oxygen atoms in total. The summed E-state index contributed by atoms with van der Waals surface area (Å²) in [6.07, 6.45) is 0. The molecule has 0 spiro atoms. The van der Waals surface area contributed by atoms with E-state index in [0.29, 0.717) is 29.5 Å². The minimum absolute atomic E-state index is 0. The molecular weight excluding hydrogens is 537 g/mol. The fraction of sp³-hybridized carbons (Fsp3) is 0.667. The van der Waals surface area contributed by atoms with Gasteiger partial charge in [-0.3, -0.25) is 9.59 Å². The van der Waals surface area contributed by atoms with Crippen LogP contribution in [0.3, 0.4) is 0 Å². The van der Waals surface area contributed by atoms with Gasteiger partial charge in [-0.25, -0.2) is 0 Å². The molecular formula is C18H33Cl3CoN2O8-. The van der Waals surface area contributed by atoms with Gasteiger partial charge in [0.1, 0.15) is 0 Å². The summed E-state index contributed by atoms with van der Waals surface area (Å²) in [5.41, 5.74) is 7.61. The van der Waals surface area contributed by atoms with E-state index < -0.39 is 10.2 Å². The van der Waals surface area contributed by atoms with Crippen LogP contribution in [0.15, 0.2) is 22.7 Å². The average molecular weight is 571 g/mol. The maximum atomic E-state index is 10.3. The molecule has 0 radical (unpaired) electrons. The van der Waals surface area contributed by atoms with Crippen molar-refractivity contribution in [1.29, 1.82) is 0 Å². The van der Waals surface area contributed by atoms with Gasteiger partial charge in [-0.15, -0.1) is 41.3 Å². The molecule has 0 saturated carbocycles. The second-order valence-corrected chi connectivity index (χ2v) is 7.44. The Labute approximate surface area is 212 Å². The van der Waals surface area contributed by atoms with Gasteiger partial charge < -0.3 is 20.8 Å². The molecule has 0 aliphatic carbocycles. The van der Waals surface area contributed by atoms with E-state index in [1.165, 1.54) is 41.5 Å². The summed E-state index contributed by atoms with van der Waals surface area (Å²) < 4.78 is 31.5. The van der Waals surface area contributed by atoms with E-state index in [1.54, 1.807) is 0 Å². The van der Waals surface area contributed by atoms with Crippen molar-refractivity contribution in [3.05, 3.63) is 28.4 Å². The summed E-state index contributed by atoms with van der Waals surface area (Å²) in [5.74, 6) is 0.679. The minimum atomic E-state index is -4.44. The summed E-state index contributed by atoms with van der Waals surface area (Å²) in [6.45, 7) is 11.5. The molecule has 0 fully saturated rings. The Morgan fingerprint density at radius 2 is 1.06 bits per heavy atom. The average Bonchev–Trinajstić information content (AvgIpc) is 2.60. The van der Waals surface area contributed by atoms with Gasteiger partial charge in [-0.2, -0.15) is 0 Å². The molecule has 0 rings (SSSR count). The number of hydrogen-bond donors (Lipinski definition) is 2. The predicted molar refractivity (Wildman–Crippen MR) is 110 cm³/mol. The molecule has 0 heterocycles. The van der Waals surface area contributed by atoms with Gasteiger partial charge in [0.2, 0.25) is 0 Å². The van der Waals surface area contributed by atoms with Crippen LogP contribution in [-0.2, 0) is 26.4 Å². The number of carbonyl (C=O) groups excluding carboxylic acids is 2. The van der Waals surface area contributed by atoms with Crippen LogP contribution in [0.2, 0.25) is 0 Å². The van der Waals surface area contributed by atoms with E-state index in [4.69, 9.17) is 47.6 Å². The van der Waals surface area contributed by atoms with Crippen molar-refractivity contribution >= 4 is 34.8 Å². The number of ketones is 2. The Balaban J connectivity index is -0.000000103. The number of halogens is 3. The van der Waals surface area contributed by atoms with Crippen molar-refractivity contribution in [3.8, 4) is 0 Å². The topological polar surface area (TPSA) is 194 Å². The Bertz CT molecular complexity index is 509. The molecule has 0 aromatic heterocycles.